The summed E-state index contributed by atoms with van der Waals surface area (Å²) in [4.78, 5) is 34.6. The van der Waals surface area contributed by atoms with Crippen molar-refractivity contribution in [2.24, 2.45) is 5.92 Å². The number of rotatable bonds is 7. The van der Waals surface area contributed by atoms with Crippen molar-refractivity contribution in [3.8, 4) is 0 Å². The zero-order valence-corrected chi connectivity index (χ0v) is 16.6. The van der Waals surface area contributed by atoms with Crippen LogP contribution in [0.2, 0.25) is 0 Å². The molecule has 1 N–H and O–H groups in total. The van der Waals surface area contributed by atoms with E-state index in [0.717, 1.165) is 0 Å². The minimum atomic E-state index is -0.632. The summed E-state index contributed by atoms with van der Waals surface area (Å²) in [5.41, 5.74) is -0.531. The third-order valence-electron chi connectivity index (χ3n) is 3.58. The molecule has 1 aromatic carbocycles. The van der Waals surface area contributed by atoms with E-state index in [-0.39, 0.29) is 17.2 Å². The van der Waals surface area contributed by atoms with Gasteiger partial charge >= 0.3 is 12.1 Å². The van der Waals surface area contributed by atoms with Crippen molar-refractivity contribution in [2.75, 3.05) is 0 Å². The number of alkyl carbamates (subject to hydrolysis) is 1. The van der Waals surface area contributed by atoms with Gasteiger partial charge in [0.1, 0.15) is 11.7 Å². The molecule has 1 amide bonds. The van der Waals surface area contributed by atoms with E-state index < -0.39 is 34.7 Å². The third-order valence-corrected chi connectivity index (χ3v) is 3.58. The molecule has 0 saturated heterocycles. The van der Waals surface area contributed by atoms with Crippen LogP contribution in [0.1, 0.15) is 58.3 Å². The molecule has 0 aromatic heterocycles. The Labute approximate surface area is 159 Å². The highest BCUT2D eigenvalue weighted by Crippen LogP contribution is 2.18. The summed E-state index contributed by atoms with van der Waals surface area (Å²) in [6.07, 6.45) is -0.620. The summed E-state index contributed by atoms with van der Waals surface area (Å²) < 4.78 is 10.8. The van der Waals surface area contributed by atoms with Crippen LogP contribution >= 0.6 is 0 Å². The van der Waals surface area contributed by atoms with Gasteiger partial charge in [-0.15, -0.1) is 0 Å². The summed E-state index contributed by atoms with van der Waals surface area (Å²) >= 11 is 0. The average Bonchev–Trinajstić information content (AvgIpc) is 2.51. The van der Waals surface area contributed by atoms with Crippen molar-refractivity contribution in [2.45, 2.75) is 65.7 Å². The SMILES string of the molecule is CC(C)CC(OC(=O)c1ccc([N+](=O)[O-])cc1)C(C)NC(=O)OC(C)(C)C. The molecule has 0 aliphatic carbocycles. The second kappa shape index (κ2) is 9.34. The van der Waals surface area contributed by atoms with Crippen molar-refractivity contribution in [1.29, 1.82) is 0 Å². The van der Waals surface area contributed by atoms with Gasteiger partial charge in [-0.2, -0.15) is 0 Å². The van der Waals surface area contributed by atoms with Gasteiger partial charge in [0, 0.05) is 12.1 Å². The lowest BCUT2D eigenvalue weighted by atomic mass is 10.0. The van der Waals surface area contributed by atoms with E-state index in [1.54, 1.807) is 27.7 Å². The van der Waals surface area contributed by atoms with Crippen molar-refractivity contribution in [3.05, 3.63) is 39.9 Å². The third kappa shape index (κ3) is 8.06. The molecule has 0 saturated carbocycles. The van der Waals surface area contributed by atoms with E-state index in [1.807, 2.05) is 13.8 Å². The molecule has 0 heterocycles. The highest BCUT2D eigenvalue weighted by molar-refractivity contribution is 5.89. The fraction of sp³-hybridized carbons (Fsp3) is 0.579. The number of nitro benzene ring substituents is 1. The Balaban J connectivity index is 2.82. The van der Waals surface area contributed by atoms with Gasteiger partial charge < -0.3 is 14.8 Å². The van der Waals surface area contributed by atoms with Gasteiger partial charge in [-0.3, -0.25) is 10.1 Å². The molecule has 0 bridgehead atoms. The molecule has 150 valence electrons. The predicted molar refractivity (Wildman–Crippen MR) is 101 cm³/mol. The number of hydrogen-bond donors (Lipinski definition) is 1. The number of carbonyl (C=O) groups is 2. The maximum Gasteiger partial charge on any atom is 0.407 e. The molecule has 0 fully saturated rings. The standard InChI is InChI=1S/C19H28N2O6/c1-12(2)11-16(13(3)20-18(23)27-19(4,5)6)26-17(22)14-7-9-15(10-8-14)21(24)25/h7-10,12-13,16H,11H2,1-6H3,(H,20,23). The van der Waals surface area contributed by atoms with E-state index in [1.165, 1.54) is 24.3 Å². The van der Waals surface area contributed by atoms with E-state index in [0.29, 0.717) is 6.42 Å². The molecule has 1 aromatic rings. The van der Waals surface area contributed by atoms with Crippen LogP contribution in [0.3, 0.4) is 0 Å². The van der Waals surface area contributed by atoms with Crippen molar-refractivity contribution < 1.29 is 24.0 Å². The van der Waals surface area contributed by atoms with Gasteiger partial charge in [0.05, 0.1) is 16.5 Å². The number of amides is 1. The monoisotopic (exact) mass is 380 g/mol. The van der Waals surface area contributed by atoms with Gasteiger partial charge in [-0.05, 0) is 52.2 Å². The first-order chi connectivity index (χ1) is 12.4. The summed E-state index contributed by atoms with van der Waals surface area (Å²) in [5, 5.41) is 13.4. The Hall–Kier alpha value is -2.64. The maximum atomic E-state index is 12.4. The zero-order chi connectivity index (χ0) is 20.8. The Kier molecular flexibility index (Phi) is 7.75. The average molecular weight is 380 g/mol. The fourth-order valence-corrected chi connectivity index (χ4v) is 2.33. The molecule has 0 aliphatic heterocycles. The predicted octanol–water partition coefficient (Wildman–Crippen LogP) is 4.08. The number of esters is 1. The molecule has 0 aliphatic rings. The Morgan fingerprint density at radius 3 is 2.15 bits per heavy atom. The lowest BCUT2D eigenvalue weighted by Crippen LogP contribution is -2.45. The van der Waals surface area contributed by atoms with Crippen LogP contribution in [0.4, 0.5) is 10.5 Å². The minimum absolute atomic E-state index is 0.106. The normalized spacial score (nSPS) is 13.6. The molecule has 2 unspecified atom stereocenters. The maximum absolute atomic E-state index is 12.4. The van der Waals surface area contributed by atoms with Crippen LogP contribution in [0.5, 0.6) is 0 Å². The number of nitrogens with zero attached hydrogens (tertiary/aromatic N) is 1. The van der Waals surface area contributed by atoms with Crippen molar-refractivity contribution >= 4 is 17.7 Å². The van der Waals surface area contributed by atoms with Crippen LogP contribution in [0.25, 0.3) is 0 Å². The second-order valence-electron chi connectivity index (χ2n) is 7.81. The van der Waals surface area contributed by atoms with E-state index in [9.17, 15) is 19.7 Å². The number of carbonyl (C=O) groups excluding carboxylic acids is 2. The van der Waals surface area contributed by atoms with Crippen molar-refractivity contribution in [3.63, 3.8) is 0 Å². The lowest BCUT2D eigenvalue weighted by molar-refractivity contribution is -0.384. The number of ether oxygens (including phenoxy) is 2. The molecule has 8 nitrogen and oxygen atoms in total. The Morgan fingerprint density at radius 2 is 1.70 bits per heavy atom. The molecule has 8 heteroatoms. The van der Waals surface area contributed by atoms with Gasteiger partial charge in [-0.1, -0.05) is 13.8 Å². The van der Waals surface area contributed by atoms with Crippen LogP contribution in [-0.2, 0) is 9.47 Å². The molecular formula is C19H28N2O6. The lowest BCUT2D eigenvalue weighted by Gasteiger charge is -2.28. The summed E-state index contributed by atoms with van der Waals surface area (Å²) in [5.74, 6) is -0.379. The van der Waals surface area contributed by atoms with Crippen LogP contribution in [0.15, 0.2) is 24.3 Å². The number of hydrogen-bond acceptors (Lipinski definition) is 6. The number of benzene rings is 1. The largest absolute Gasteiger partial charge is 0.457 e. The van der Waals surface area contributed by atoms with Crippen LogP contribution < -0.4 is 5.32 Å². The van der Waals surface area contributed by atoms with Crippen LogP contribution in [0, 0.1) is 16.0 Å². The smallest absolute Gasteiger partial charge is 0.407 e. The minimum Gasteiger partial charge on any atom is -0.457 e. The zero-order valence-electron chi connectivity index (χ0n) is 16.6. The highest BCUT2D eigenvalue weighted by Gasteiger charge is 2.27. The quantitative estimate of drug-likeness (QED) is 0.434. The van der Waals surface area contributed by atoms with Gasteiger partial charge in [0.25, 0.3) is 5.69 Å². The summed E-state index contributed by atoms with van der Waals surface area (Å²) in [6.45, 7) is 11.0. The first-order valence-corrected chi connectivity index (χ1v) is 8.84. The second-order valence-corrected chi connectivity index (χ2v) is 7.81. The molecular weight excluding hydrogens is 352 g/mol. The molecule has 0 spiro atoms. The molecule has 1 rings (SSSR count). The number of nitro groups is 1. The summed E-state index contributed by atoms with van der Waals surface area (Å²) in [6, 6.07) is 4.72. The Bertz CT molecular complexity index is 664. The number of non-ortho nitro benzene ring substituents is 1. The van der Waals surface area contributed by atoms with Gasteiger partial charge in [0.15, 0.2) is 0 Å². The molecule has 27 heavy (non-hydrogen) atoms. The first-order valence-electron chi connectivity index (χ1n) is 8.84. The number of nitrogens with one attached hydrogen (secondary N) is 1. The van der Waals surface area contributed by atoms with E-state index in [4.69, 9.17) is 9.47 Å². The fourth-order valence-electron chi connectivity index (χ4n) is 2.33. The van der Waals surface area contributed by atoms with E-state index >= 15 is 0 Å². The van der Waals surface area contributed by atoms with Gasteiger partial charge in [0.2, 0.25) is 0 Å². The molecule has 2 atom stereocenters. The Morgan fingerprint density at radius 1 is 1.15 bits per heavy atom. The van der Waals surface area contributed by atoms with Crippen LogP contribution in [-0.4, -0.2) is 34.7 Å². The first kappa shape index (κ1) is 22.4. The van der Waals surface area contributed by atoms with Crippen molar-refractivity contribution in [1.82, 2.24) is 5.32 Å². The van der Waals surface area contributed by atoms with E-state index in [2.05, 4.69) is 5.32 Å². The topological polar surface area (TPSA) is 108 Å². The van der Waals surface area contributed by atoms with Gasteiger partial charge in [-0.25, -0.2) is 9.59 Å². The molecule has 0 radical (unpaired) electrons. The summed E-state index contributed by atoms with van der Waals surface area (Å²) in [7, 11) is 0. The highest BCUT2D eigenvalue weighted by atomic mass is 16.6.